The van der Waals surface area contributed by atoms with Crippen molar-refractivity contribution in [3.8, 4) is 5.75 Å². The van der Waals surface area contributed by atoms with Gasteiger partial charge in [-0.05, 0) is 48.9 Å². The molecule has 4 atom stereocenters. The number of ether oxygens (including phenoxy) is 2. The normalized spacial score (nSPS) is 27.4. The zero-order valence-corrected chi connectivity index (χ0v) is 15.3. The Labute approximate surface area is 158 Å². The van der Waals surface area contributed by atoms with E-state index in [1.165, 1.54) is 12.1 Å². The Hall–Kier alpha value is -2.25. The van der Waals surface area contributed by atoms with Gasteiger partial charge >= 0.3 is 0 Å². The van der Waals surface area contributed by atoms with Gasteiger partial charge in [0.2, 0.25) is 0 Å². The van der Waals surface area contributed by atoms with Crippen LogP contribution in [-0.4, -0.2) is 47.5 Å². The number of nitrogens with zero attached hydrogens (tertiary/aromatic N) is 3. The molecule has 4 rings (SSSR count). The largest absolute Gasteiger partial charge is 0.488 e. The van der Waals surface area contributed by atoms with E-state index in [4.69, 9.17) is 9.47 Å². The molecule has 0 amide bonds. The van der Waals surface area contributed by atoms with Gasteiger partial charge in [-0.1, -0.05) is 0 Å². The summed E-state index contributed by atoms with van der Waals surface area (Å²) in [4.78, 5) is 10.9. The summed E-state index contributed by atoms with van der Waals surface area (Å²) in [5.74, 6) is 2.04. The average molecular weight is 373 g/mol. The van der Waals surface area contributed by atoms with Crippen molar-refractivity contribution in [3.63, 3.8) is 0 Å². The van der Waals surface area contributed by atoms with Crippen LogP contribution in [0.15, 0.2) is 36.7 Å². The van der Waals surface area contributed by atoms with Crippen molar-refractivity contribution in [2.75, 3.05) is 25.1 Å². The monoisotopic (exact) mass is 373 g/mol. The van der Waals surface area contributed by atoms with Crippen molar-refractivity contribution < 1.29 is 19.0 Å². The van der Waals surface area contributed by atoms with Crippen molar-refractivity contribution in [3.05, 3.63) is 48.2 Å². The molecule has 1 saturated heterocycles. The highest BCUT2D eigenvalue weighted by atomic mass is 19.1. The maximum atomic E-state index is 13.1. The van der Waals surface area contributed by atoms with Crippen molar-refractivity contribution in [2.24, 2.45) is 11.8 Å². The fourth-order valence-corrected chi connectivity index (χ4v) is 4.18. The molecule has 2 aliphatic rings. The van der Waals surface area contributed by atoms with Crippen molar-refractivity contribution in [1.29, 1.82) is 0 Å². The van der Waals surface area contributed by atoms with E-state index in [9.17, 15) is 9.50 Å². The number of methoxy groups -OCH3 is 1. The van der Waals surface area contributed by atoms with Gasteiger partial charge in [0, 0.05) is 26.3 Å². The Morgan fingerprint density at radius 3 is 2.63 bits per heavy atom. The van der Waals surface area contributed by atoms with Crippen LogP contribution in [0.25, 0.3) is 0 Å². The number of aromatic nitrogens is 2. The lowest BCUT2D eigenvalue weighted by atomic mass is 9.78. The van der Waals surface area contributed by atoms with Gasteiger partial charge in [-0.3, -0.25) is 0 Å². The van der Waals surface area contributed by atoms with Gasteiger partial charge in [0.1, 0.15) is 29.8 Å². The summed E-state index contributed by atoms with van der Waals surface area (Å²) in [7, 11) is 1.65. The first kappa shape index (κ1) is 18.1. The van der Waals surface area contributed by atoms with Crippen LogP contribution in [0.2, 0.25) is 0 Å². The van der Waals surface area contributed by atoms with Crippen LogP contribution in [0, 0.1) is 17.7 Å². The Balaban J connectivity index is 1.42. The van der Waals surface area contributed by atoms with Gasteiger partial charge in [0.05, 0.1) is 18.4 Å². The highest BCUT2D eigenvalue weighted by molar-refractivity contribution is 5.40. The van der Waals surface area contributed by atoms with E-state index in [1.54, 1.807) is 25.6 Å². The fraction of sp³-hybridized carbons (Fsp3) is 0.500. The topological polar surface area (TPSA) is 67.7 Å². The third-order valence-corrected chi connectivity index (χ3v) is 5.51. The molecule has 2 heterocycles. The van der Waals surface area contributed by atoms with Gasteiger partial charge in [-0.15, -0.1) is 0 Å². The van der Waals surface area contributed by atoms with E-state index in [0.29, 0.717) is 30.6 Å². The van der Waals surface area contributed by atoms with Gasteiger partial charge in [-0.2, -0.15) is 0 Å². The molecule has 1 N–H and O–H groups in total. The van der Waals surface area contributed by atoms with Crippen molar-refractivity contribution in [1.82, 2.24) is 9.97 Å². The lowest BCUT2D eigenvalue weighted by molar-refractivity contribution is -0.0231. The molecular weight excluding hydrogens is 349 g/mol. The molecule has 1 saturated carbocycles. The maximum Gasteiger partial charge on any atom is 0.132 e. The quantitative estimate of drug-likeness (QED) is 0.868. The second-order valence-corrected chi connectivity index (χ2v) is 7.37. The summed E-state index contributed by atoms with van der Waals surface area (Å²) in [6.45, 7) is 2.21. The second-order valence-electron chi connectivity index (χ2n) is 7.37. The predicted molar refractivity (Wildman–Crippen MR) is 98.0 cm³/mol. The number of hydrogen-bond donors (Lipinski definition) is 1. The molecule has 0 radical (unpaired) electrons. The van der Waals surface area contributed by atoms with Crippen LogP contribution < -0.4 is 9.64 Å². The molecule has 2 aromatic rings. The number of aliphatic hydroxyl groups is 1. The van der Waals surface area contributed by atoms with E-state index >= 15 is 0 Å². The minimum Gasteiger partial charge on any atom is -0.488 e. The zero-order chi connectivity index (χ0) is 18.8. The van der Waals surface area contributed by atoms with E-state index in [1.807, 2.05) is 6.07 Å². The van der Waals surface area contributed by atoms with Gasteiger partial charge in [0.25, 0.3) is 0 Å². The third kappa shape index (κ3) is 4.04. The molecule has 144 valence electrons. The maximum absolute atomic E-state index is 13.1. The van der Waals surface area contributed by atoms with Crippen LogP contribution in [0.3, 0.4) is 0 Å². The summed E-state index contributed by atoms with van der Waals surface area (Å²) in [5, 5.41) is 10.5. The number of aliphatic hydroxyl groups excluding tert-OH is 1. The minimum absolute atomic E-state index is 0.272. The lowest BCUT2D eigenvalue weighted by Gasteiger charge is -2.35. The average Bonchev–Trinajstić information content (AvgIpc) is 3.07. The van der Waals surface area contributed by atoms with Gasteiger partial charge in [0.15, 0.2) is 0 Å². The molecule has 0 unspecified atom stereocenters. The summed E-state index contributed by atoms with van der Waals surface area (Å²) < 4.78 is 24.2. The number of hydrogen-bond acceptors (Lipinski definition) is 6. The highest BCUT2D eigenvalue weighted by Gasteiger charge is 2.43. The Bertz CT molecular complexity index is 773. The molecule has 2 fully saturated rings. The number of fused-ring (bicyclic) bond motifs is 1. The number of rotatable bonds is 5. The predicted octanol–water partition coefficient (Wildman–Crippen LogP) is 2.42. The standard InChI is InChI=1S/C20H24FN3O3/c1-26-11-16-8-20(23-12-22-16)24-9-13-6-18(25)19(7-14(13)10-24)27-17-4-2-15(21)3-5-17/h2-5,8,12-14,18-19,25H,6-7,9-11H2,1H3/t13-,14+,18+,19+/m0/s1. The van der Waals surface area contributed by atoms with E-state index in [-0.39, 0.29) is 11.9 Å². The minimum atomic E-state index is -0.522. The Morgan fingerprint density at radius 2 is 1.89 bits per heavy atom. The van der Waals surface area contributed by atoms with E-state index in [2.05, 4.69) is 14.9 Å². The number of benzene rings is 1. The first-order valence-corrected chi connectivity index (χ1v) is 9.27. The molecule has 7 heteroatoms. The molecule has 0 bridgehead atoms. The molecule has 1 aliphatic heterocycles. The molecule has 1 aliphatic carbocycles. The lowest BCUT2D eigenvalue weighted by Crippen LogP contribution is -2.42. The SMILES string of the molecule is COCc1cc(N2C[C@H]3C[C@@H](Oc4ccc(F)cc4)[C@H](O)C[C@H]3C2)ncn1. The summed E-state index contributed by atoms with van der Waals surface area (Å²) in [6, 6.07) is 7.92. The van der Waals surface area contributed by atoms with E-state index in [0.717, 1.165) is 31.0 Å². The second kappa shape index (κ2) is 7.78. The molecular formula is C20H24FN3O3. The third-order valence-electron chi connectivity index (χ3n) is 5.51. The molecule has 1 aromatic carbocycles. The highest BCUT2D eigenvalue weighted by Crippen LogP contribution is 2.39. The zero-order valence-electron chi connectivity index (χ0n) is 15.3. The van der Waals surface area contributed by atoms with Crippen LogP contribution >= 0.6 is 0 Å². The molecule has 27 heavy (non-hydrogen) atoms. The van der Waals surface area contributed by atoms with Gasteiger partial charge in [-0.25, -0.2) is 14.4 Å². The first-order valence-electron chi connectivity index (χ1n) is 9.27. The fourth-order valence-electron chi connectivity index (χ4n) is 4.18. The Kier molecular flexibility index (Phi) is 5.22. The number of halogens is 1. The summed E-state index contributed by atoms with van der Waals surface area (Å²) in [6.07, 6.45) is 2.25. The van der Waals surface area contributed by atoms with Crippen LogP contribution in [-0.2, 0) is 11.3 Å². The van der Waals surface area contributed by atoms with Crippen LogP contribution in [0.5, 0.6) is 5.75 Å². The van der Waals surface area contributed by atoms with E-state index < -0.39 is 6.10 Å². The summed E-state index contributed by atoms with van der Waals surface area (Å²) >= 11 is 0. The summed E-state index contributed by atoms with van der Waals surface area (Å²) in [5.41, 5.74) is 0.856. The molecule has 1 aromatic heterocycles. The van der Waals surface area contributed by atoms with Crippen molar-refractivity contribution in [2.45, 2.75) is 31.7 Å². The van der Waals surface area contributed by atoms with Crippen LogP contribution in [0.1, 0.15) is 18.5 Å². The Morgan fingerprint density at radius 1 is 1.15 bits per heavy atom. The van der Waals surface area contributed by atoms with Crippen molar-refractivity contribution >= 4 is 5.82 Å². The van der Waals surface area contributed by atoms with Gasteiger partial charge < -0.3 is 19.5 Å². The first-order chi connectivity index (χ1) is 13.1. The molecule has 6 nitrogen and oxygen atoms in total. The number of anilines is 1. The molecule has 0 spiro atoms. The van der Waals surface area contributed by atoms with Crippen LogP contribution in [0.4, 0.5) is 10.2 Å². The smallest absolute Gasteiger partial charge is 0.132 e.